The van der Waals surface area contributed by atoms with Crippen LogP contribution in [-0.4, -0.2) is 34.7 Å². The smallest absolute Gasteiger partial charge is 0.283 e. The third kappa shape index (κ3) is 3.61. The molecule has 0 radical (unpaired) electrons. The Bertz CT molecular complexity index is 1430. The quantitative estimate of drug-likeness (QED) is 0.436. The molecule has 0 spiro atoms. The molecular weight excluding hydrogens is 394 g/mol. The molecule has 0 fully saturated rings. The van der Waals surface area contributed by atoms with E-state index < -0.39 is 0 Å². The summed E-state index contributed by atoms with van der Waals surface area (Å²) in [5.41, 5.74) is 4.49. The molecule has 9 nitrogen and oxygen atoms in total. The van der Waals surface area contributed by atoms with E-state index in [4.69, 9.17) is 4.52 Å². The second-order valence-electron chi connectivity index (χ2n) is 7.41. The Hall–Kier alpha value is -4.14. The number of hydrogen-bond acceptors (Lipinski definition) is 7. The van der Waals surface area contributed by atoms with Gasteiger partial charge in [-0.3, -0.25) is 9.36 Å². The first kappa shape index (κ1) is 18.9. The predicted molar refractivity (Wildman–Crippen MR) is 113 cm³/mol. The molecule has 0 N–H and O–H groups in total. The third-order valence-corrected chi connectivity index (χ3v) is 5.10. The molecule has 0 atom stereocenters. The molecule has 3 heterocycles. The van der Waals surface area contributed by atoms with Crippen molar-refractivity contribution >= 4 is 11.2 Å². The minimum absolute atomic E-state index is 0.103. The number of fused-ring (bicyclic) bond motifs is 1. The van der Waals surface area contributed by atoms with Crippen molar-refractivity contribution in [2.45, 2.75) is 26.9 Å². The summed E-state index contributed by atoms with van der Waals surface area (Å²) in [6, 6.07) is 15.9. The van der Waals surface area contributed by atoms with Crippen LogP contribution in [0, 0.1) is 13.8 Å². The van der Waals surface area contributed by atoms with E-state index in [2.05, 4.69) is 25.4 Å². The fourth-order valence-electron chi connectivity index (χ4n) is 3.37. The van der Waals surface area contributed by atoms with Crippen molar-refractivity contribution in [3.63, 3.8) is 0 Å². The summed E-state index contributed by atoms with van der Waals surface area (Å²) in [5.74, 6) is 0.799. The van der Waals surface area contributed by atoms with Gasteiger partial charge in [-0.25, -0.2) is 9.67 Å². The van der Waals surface area contributed by atoms with Crippen molar-refractivity contribution in [1.82, 2.24) is 34.7 Å². The van der Waals surface area contributed by atoms with Crippen LogP contribution < -0.4 is 5.56 Å². The molecule has 5 aromatic rings. The van der Waals surface area contributed by atoms with Crippen LogP contribution in [0.3, 0.4) is 0 Å². The lowest BCUT2D eigenvalue weighted by Crippen LogP contribution is -2.21. The molecule has 0 bridgehead atoms. The van der Waals surface area contributed by atoms with Gasteiger partial charge in [-0.1, -0.05) is 64.5 Å². The fourth-order valence-corrected chi connectivity index (χ4v) is 3.37. The zero-order chi connectivity index (χ0) is 21.4. The van der Waals surface area contributed by atoms with E-state index in [9.17, 15) is 4.79 Å². The maximum absolute atomic E-state index is 12.9. The van der Waals surface area contributed by atoms with Crippen molar-refractivity contribution in [1.29, 1.82) is 0 Å². The molecule has 0 saturated carbocycles. The molecule has 0 aliphatic carbocycles. The normalized spacial score (nSPS) is 11.3. The summed E-state index contributed by atoms with van der Waals surface area (Å²) in [6.07, 6.45) is 1.46. The van der Waals surface area contributed by atoms with Crippen LogP contribution in [0.1, 0.15) is 22.6 Å². The summed E-state index contributed by atoms with van der Waals surface area (Å²) in [7, 11) is 0. The number of aromatic nitrogens is 7. The number of nitrogens with zero attached hydrogens (tertiary/aromatic N) is 7. The molecule has 2 aromatic carbocycles. The predicted octanol–water partition coefficient (Wildman–Crippen LogP) is 2.75. The summed E-state index contributed by atoms with van der Waals surface area (Å²) >= 11 is 0. The molecule has 0 amide bonds. The van der Waals surface area contributed by atoms with Gasteiger partial charge in [0, 0.05) is 5.56 Å². The topological polar surface area (TPSA) is 105 Å². The minimum atomic E-state index is -0.309. The molecule has 3 aromatic heterocycles. The minimum Gasteiger partial charge on any atom is -0.337 e. The van der Waals surface area contributed by atoms with Gasteiger partial charge in [0.1, 0.15) is 12.9 Å². The molecule has 5 rings (SSSR count). The Kier molecular flexibility index (Phi) is 4.62. The van der Waals surface area contributed by atoms with Gasteiger partial charge < -0.3 is 4.52 Å². The van der Waals surface area contributed by atoms with Crippen molar-refractivity contribution in [2.24, 2.45) is 0 Å². The van der Waals surface area contributed by atoms with Gasteiger partial charge in [-0.15, -0.1) is 5.10 Å². The summed E-state index contributed by atoms with van der Waals surface area (Å²) < 4.78 is 8.36. The molecule has 0 unspecified atom stereocenters. The maximum Gasteiger partial charge on any atom is 0.283 e. The van der Waals surface area contributed by atoms with Crippen molar-refractivity contribution < 1.29 is 4.52 Å². The van der Waals surface area contributed by atoms with Gasteiger partial charge in [0.05, 0.1) is 6.54 Å². The Morgan fingerprint density at radius 1 is 1.00 bits per heavy atom. The summed E-state index contributed by atoms with van der Waals surface area (Å²) in [6.45, 7) is 4.60. The lowest BCUT2D eigenvalue weighted by Gasteiger charge is -2.04. The van der Waals surface area contributed by atoms with E-state index in [0.717, 1.165) is 16.7 Å². The van der Waals surface area contributed by atoms with E-state index in [-0.39, 0.29) is 17.6 Å². The number of hydrogen-bond donors (Lipinski definition) is 0. The van der Waals surface area contributed by atoms with Crippen LogP contribution in [0.2, 0.25) is 0 Å². The summed E-state index contributed by atoms with van der Waals surface area (Å²) in [5, 5.41) is 12.2. The van der Waals surface area contributed by atoms with Gasteiger partial charge in [-0.05, 0) is 25.0 Å². The van der Waals surface area contributed by atoms with Gasteiger partial charge in [0.15, 0.2) is 11.2 Å². The van der Waals surface area contributed by atoms with Crippen molar-refractivity contribution in [3.05, 3.63) is 87.8 Å². The highest BCUT2D eigenvalue weighted by molar-refractivity contribution is 5.67. The zero-order valence-corrected chi connectivity index (χ0v) is 17.1. The average molecular weight is 413 g/mol. The van der Waals surface area contributed by atoms with Crippen LogP contribution in [0.15, 0.2) is 64.2 Å². The van der Waals surface area contributed by atoms with E-state index in [0.29, 0.717) is 23.9 Å². The zero-order valence-electron chi connectivity index (χ0n) is 17.1. The Morgan fingerprint density at radius 3 is 2.61 bits per heavy atom. The number of rotatable bonds is 5. The molecule has 9 heteroatoms. The standard InChI is InChI=1S/C22H19N7O2/c1-14-7-9-16(10-8-14)11-29-21-19(25-27-29)22(30)28(13-23-21)12-18-24-20(26-31-18)17-6-4-3-5-15(17)2/h3-10,13H,11-12H2,1-2H3. The van der Waals surface area contributed by atoms with Gasteiger partial charge in [0.25, 0.3) is 5.56 Å². The van der Waals surface area contributed by atoms with Gasteiger partial charge in [-0.2, -0.15) is 4.98 Å². The Morgan fingerprint density at radius 2 is 1.81 bits per heavy atom. The lowest BCUT2D eigenvalue weighted by molar-refractivity contribution is 0.369. The third-order valence-electron chi connectivity index (χ3n) is 5.10. The SMILES string of the molecule is Cc1ccc(Cn2nnc3c(=O)n(Cc4nc(-c5ccccc5C)no4)cnc32)cc1. The van der Waals surface area contributed by atoms with Crippen LogP contribution in [0.5, 0.6) is 0 Å². The van der Waals surface area contributed by atoms with E-state index in [1.54, 1.807) is 4.68 Å². The second kappa shape index (κ2) is 7.60. The van der Waals surface area contributed by atoms with Crippen molar-refractivity contribution in [2.75, 3.05) is 0 Å². The van der Waals surface area contributed by atoms with Crippen LogP contribution in [-0.2, 0) is 13.1 Å². The molecule has 0 aliphatic heterocycles. The first-order valence-corrected chi connectivity index (χ1v) is 9.81. The first-order chi connectivity index (χ1) is 15.1. The average Bonchev–Trinajstić information content (AvgIpc) is 3.40. The number of aryl methyl sites for hydroxylation is 2. The molecule has 31 heavy (non-hydrogen) atoms. The monoisotopic (exact) mass is 413 g/mol. The highest BCUT2D eigenvalue weighted by Crippen LogP contribution is 2.20. The van der Waals surface area contributed by atoms with E-state index >= 15 is 0 Å². The first-order valence-electron chi connectivity index (χ1n) is 9.81. The molecule has 154 valence electrons. The highest BCUT2D eigenvalue weighted by Gasteiger charge is 2.15. The lowest BCUT2D eigenvalue weighted by atomic mass is 10.1. The van der Waals surface area contributed by atoms with Gasteiger partial charge in [0.2, 0.25) is 11.7 Å². The fraction of sp³-hybridized carbons (Fsp3) is 0.182. The van der Waals surface area contributed by atoms with Crippen molar-refractivity contribution in [3.8, 4) is 11.4 Å². The number of benzene rings is 2. The molecule has 0 aliphatic rings. The Balaban J connectivity index is 1.42. The van der Waals surface area contributed by atoms with Gasteiger partial charge >= 0.3 is 0 Å². The maximum atomic E-state index is 12.9. The largest absolute Gasteiger partial charge is 0.337 e. The second-order valence-corrected chi connectivity index (χ2v) is 7.41. The Labute approximate surface area is 177 Å². The molecule has 0 saturated heterocycles. The summed E-state index contributed by atoms with van der Waals surface area (Å²) in [4.78, 5) is 21.7. The van der Waals surface area contributed by atoms with Crippen LogP contribution >= 0.6 is 0 Å². The highest BCUT2D eigenvalue weighted by atomic mass is 16.5. The van der Waals surface area contributed by atoms with E-state index in [1.807, 2.05) is 62.4 Å². The van der Waals surface area contributed by atoms with E-state index in [1.165, 1.54) is 16.5 Å². The van der Waals surface area contributed by atoms with Crippen LogP contribution in [0.4, 0.5) is 0 Å². The van der Waals surface area contributed by atoms with Crippen LogP contribution in [0.25, 0.3) is 22.6 Å². The molecular formula is C22H19N7O2.